The zero-order valence-electron chi connectivity index (χ0n) is 6.24. The van der Waals surface area contributed by atoms with Crippen LogP contribution in [0.3, 0.4) is 0 Å². The fraction of sp³-hybridized carbons (Fsp3) is 0.833. The number of carbonyl (C=O) groups excluding carboxylic acids is 1. The van der Waals surface area contributed by atoms with Crippen LogP contribution in [0.5, 0.6) is 0 Å². The summed E-state index contributed by atoms with van der Waals surface area (Å²) < 4.78 is 0. The van der Waals surface area contributed by atoms with E-state index in [-0.39, 0.29) is 65.4 Å². The summed E-state index contributed by atoms with van der Waals surface area (Å²) in [5.74, 6) is 0. The molecule has 0 aromatic heterocycles. The Balaban J connectivity index is -0.000000605. The Bertz CT molecular complexity index is 146. The van der Waals surface area contributed by atoms with E-state index >= 15 is 0 Å². The summed E-state index contributed by atoms with van der Waals surface area (Å²) in [6.45, 7) is -0.760. The first-order chi connectivity index (χ1) is 5.54. The van der Waals surface area contributed by atoms with Crippen molar-refractivity contribution in [2.75, 3.05) is 6.61 Å². The average molecular weight is 228 g/mol. The summed E-state index contributed by atoms with van der Waals surface area (Å²) in [5, 5.41) is 43.5. The predicted molar refractivity (Wildman–Crippen MR) is 51.5 cm³/mol. The van der Waals surface area contributed by atoms with Gasteiger partial charge < -0.3 is 30.3 Å². The van der Waals surface area contributed by atoms with Crippen molar-refractivity contribution in [1.29, 1.82) is 0 Å². The van der Waals surface area contributed by atoms with Crippen LogP contribution < -0.4 is 0 Å². The molecule has 0 radical (unpaired) electrons. The van der Waals surface area contributed by atoms with Crippen LogP contribution in [-0.4, -0.2) is 122 Å². The third-order valence-corrected chi connectivity index (χ3v) is 1.42. The van der Waals surface area contributed by atoms with Crippen LogP contribution in [0.1, 0.15) is 0 Å². The molecular weight excluding hydrogens is 214 g/mol. The molecule has 0 spiro atoms. The molecule has 0 aliphatic rings. The van der Waals surface area contributed by atoms with Gasteiger partial charge in [-0.3, -0.25) is 0 Å². The van der Waals surface area contributed by atoms with Gasteiger partial charge in [-0.15, -0.1) is 0 Å². The van der Waals surface area contributed by atoms with Crippen LogP contribution in [0.15, 0.2) is 0 Å². The molecule has 0 unspecified atom stereocenters. The van der Waals surface area contributed by atoms with E-state index in [2.05, 4.69) is 0 Å². The maximum absolute atomic E-state index is 9.90. The van der Waals surface area contributed by atoms with E-state index in [9.17, 15) is 4.79 Å². The van der Waals surface area contributed by atoms with Gasteiger partial charge in [-0.2, -0.15) is 0 Å². The summed E-state index contributed by atoms with van der Waals surface area (Å²) in [4.78, 5) is 9.90. The minimum atomic E-state index is -1.79. The molecule has 0 aliphatic carbocycles. The molecule has 0 saturated carbocycles. The SMILES string of the molecule is O=C[C@H](O)[C@@H](O)[C@H](O)[C@H](O)CO.[NaH].[NaH]. The number of rotatable bonds is 5. The summed E-state index contributed by atoms with van der Waals surface area (Å²) in [6, 6.07) is 0. The Kier molecular flexibility index (Phi) is 16.3. The summed E-state index contributed by atoms with van der Waals surface area (Å²) in [6.07, 6.45) is -6.84. The molecule has 0 fully saturated rings. The monoisotopic (exact) mass is 228 g/mol. The van der Waals surface area contributed by atoms with E-state index in [4.69, 9.17) is 25.5 Å². The van der Waals surface area contributed by atoms with Crippen LogP contribution in [-0.2, 0) is 4.79 Å². The van der Waals surface area contributed by atoms with Gasteiger partial charge in [0.05, 0.1) is 6.61 Å². The van der Waals surface area contributed by atoms with Gasteiger partial charge in [0.25, 0.3) is 0 Å². The van der Waals surface area contributed by atoms with Gasteiger partial charge in [0, 0.05) is 0 Å². The van der Waals surface area contributed by atoms with E-state index < -0.39 is 31.0 Å². The molecule has 4 atom stereocenters. The van der Waals surface area contributed by atoms with Crippen LogP contribution in [0, 0.1) is 0 Å². The Hall–Kier alpha value is 1.47. The molecule has 0 bridgehead atoms. The Morgan fingerprint density at radius 1 is 1.00 bits per heavy atom. The summed E-state index contributed by atoms with van der Waals surface area (Å²) in [7, 11) is 0. The molecule has 0 aromatic carbocycles. The van der Waals surface area contributed by atoms with Crippen molar-refractivity contribution in [3.05, 3.63) is 0 Å². The first-order valence-electron chi connectivity index (χ1n) is 3.33. The van der Waals surface area contributed by atoms with Crippen molar-refractivity contribution in [3.8, 4) is 0 Å². The molecule has 14 heavy (non-hydrogen) atoms. The molecular formula is C6H14Na2O6. The normalized spacial score (nSPS) is 18.1. The van der Waals surface area contributed by atoms with Gasteiger partial charge in [0.2, 0.25) is 0 Å². The first kappa shape index (κ1) is 20.8. The number of hydrogen-bond donors (Lipinski definition) is 5. The van der Waals surface area contributed by atoms with Crippen molar-refractivity contribution in [1.82, 2.24) is 0 Å². The summed E-state index contributed by atoms with van der Waals surface area (Å²) in [5.41, 5.74) is 0. The number of carbonyl (C=O) groups is 1. The molecule has 76 valence electrons. The first-order valence-corrected chi connectivity index (χ1v) is 3.33. The third kappa shape index (κ3) is 6.86. The molecule has 0 heterocycles. The number of aliphatic hydroxyl groups excluding tert-OH is 5. The van der Waals surface area contributed by atoms with Crippen LogP contribution in [0.4, 0.5) is 0 Å². The fourth-order valence-electron chi connectivity index (χ4n) is 0.618. The van der Waals surface area contributed by atoms with E-state index in [0.717, 1.165) is 0 Å². The minimum absolute atomic E-state index is 0. The molecule has 0 amide bonds. The van der Waals surface area contributed by atoms with Crippen molar-refractivity contribution in [3.63, 3.8) is 0 Å². The van der Waals surface area contributed by atoms with Gasteiger partial charge >= 0.3 is 59.1 Å². The van der Waals surface area contributed by atoms with Gasteiger partial charge in [-0.1, -0.05) is 0 Å². The molecule has 0 aromatic rings. The second kappa shape index (κ2) is 11.0. The van der Waals surface area contributed by atoms with E-state index in [0.29, 0.717) is 0 Å². The zero-order chi connectivity index (χ0) is 9.72. The molecule has 0 rings (SSSR count). The average Bonchev–Trinajstić information content (AvgIpc) is 2.12. The van der Waals surface area contributed by atoms with Crippen molar-refractivity contribution >= 4 is 65.4 Å². The summed E-state index contributed by atoms with van der Waals surface area (Å²) >= 11 is 0. The quantitative estimate of drug-likeness (QED) is 0.238. The molecule has 0 saturated heterocycles. The Labute approximate surface area is 126 Å². The van der Waals surface area contributed by atoms with Crippen molar-refractivity contribution in [2.45, 2.75) is 24.4 Å². The number of aliphatic hydroxyl groups is 5. The van der Waals surface area contributed by atoms with Crippen LogP contribution in [0.25, 0.3) is 0 Å². The zero-order valence-corrected chi connectivity index (χ0v) is 6.24. The van der Waals surface area contributed by atoms with Crippen LogP contribution in [0.2, 0.25) is 0 Å². The predicted octanol–water partition coefficient (Wildman–Crippen LogP) is -4.68. The number of aldehydes is 1. The third-order valence-electron chi connectivity index (χ3n) is 1.42. The van der Waals surface area contributed by atoms with E-state index in [1.54, 1.807) is 0 Å². The second-order valence-electron chi connectivity index (χ2n) is 2.36. The van der Waals surface area contributed by atoms with E-state index in [1.165, 1.54) is 0 Å². The van der Waals surface area contributed by atoms with Crippen LogP contribution >= 0.6 is 0 Å². The molecule has 0 aliphatic heterocycles. The van der Waals surface area contributed by atoms with Gasteiger partial charge in [0.1, 0.15) is 24.4 Å². The number of hydrogen-bond acceptors (Lipinski definition) is 6. The van der Waals surface area contributed by atoms with Gasteiger partial charge in [-0.25, -0.2) is 0 Å². The van der Waals surface area contributed by atoms with E-state index in [1.807, 2.05) is 0 Å². The standard InChI is InChI=1S/C6H12O6.2Na.2H/c7-1-3(9)5(11)6(12)4(10)2-8;;;;/h1,3-6,8-12H,2H2;;;;/t3-,4+,5+,6+;;;;/m0..../s1. The topological polar surface area (TPSA) is 118 Å². The van der Waals surface area contributed by atoms with Crippen molar-refractivity contribution < 1.29 is 30.3 Å². The fourth-order valence-corrected chi connectivity index (χ4v) is 0.618. The molecule has 8 heteroatoms. The second-order valence-corrected chi connectivity index (χ2v) is 2.36. The van der Waals surface area contributed by atoms with Crippen molar-refractivity contribution in [2.24, 2.45) is 0 Å². The Morgan fingerprint density at radius 2 is 1.43 bits per heavy atom. The Morgan fingerprint density at radius 3 is 1.71 bits per heavy atom. The molecule has 5 N–H and O–H groups in total. The molecule has 6 nitrogen and oxygen atoms in total. The van der Waals surface area contributed by atoms with Gasteiger partial charge in [0.15, 0.2) is 6.29 Å². The maximum atomic E-state index is 9.90. The van der Waals surface area contributed by atoms with Gasteiger partial charge in [-0.05, 0) is 0 Å².